The molecule has 1 rings (SSSR count). The van der Waals surface area contributed by atoms with E-state index in [1.807, 2.05) is 0 Å². The maximum atomic E-state index is 10.6. The van der Waals surface area contributed by atoms with Crippen molar-refractivity contribution in [1.82, 2.24) is 4.90 Å². The van der Waals surface area contributed by atoms with Crippen LogP contribution in [0.2, 0.25) is 0 Å². The SMILES string of the molecule is CCC(CC)N1CCOC(CC(=O)O)C1. The molecule has 0 saturated carbocycles. The van der Waals surface area contributed by atoms with Crippen molar-refractivity contribution in [2.75, 3.05) is 19.7 Å². The van der Waals surface area contributed by atoms with Crippen LogP contribution in [-0.2, 0) is 9.53 Å². The van der Waals surface area contributed by atoms with Crippen LogP contribution in [0.4, 0.5) is 0 Å². The van der Waals surface area contributed by atoms with E-state index in [4.69, 9.17) is 9.84 Å². The Hall–Kier alpha value is -0.610. The van der Waals surface area contributed by atoms with E-state index in [1.165, 1.54) is 0 Å². The summed E-state index contributed by atoms with van der Waals surface area (Å²) in [4.78, 5) is 12.9. The number of ether oxygens (including phenoxy) is 1. The molecule has 0 aromatic carbocycles. The predicted octanol–water partition coefficient (Wildman–Crippen LogP) is 1.35. The number of carboxylic acids is 1. The molecular weight excluding hydrogens is 194 g/mol. The van der Waals surface area contributed by atoms with Gasteiger partial charge in [0.15, 0.2) is 0 Å². The fraction of sp³-hybridized carbons (Fsp3) is 0.909. The van der Waals surface area contributed by atoms with Gasteiger partial charge in [-0.2, -0.15) is 0 Å². The molecule has 1 fully saturated rings. The van der Waals surface area contributed by atoms with Crippen LogP contribution in [-0.4, -0.2) is 47.8 Å². The Kier molecular flexibility index (Phi) is 5.05. The smallest absolute Gasteiger partial charge is 0.306 e. The third-order valence-corrected chi connectivity index (χ3v) is 3.03. The van der Waals surface area contributed by atoms with E-state index in [-0.39, 0.29) is 12.5 Å². The first-order valence-corrected chi connectivity index (χ1v) is 5.74. The first-order valence-electron chi connectivity index (χ1n) is 5.74. The molecule has 4 heteroatoms. The van der Waals surface area contributed by atoms with Crippen molar-refractivity contribution in [3.05, 3.63) is 0 Å². The molecule has 88 valence electrons. The number of hydrogen-bond donors (Lipinski definition) is 1. The molecule has 0 spiro atoms. The van der Waals surface area contributed by atoms with Gasteiger partial charge in [-0.15, -0.1) is 0 Å². The van der Waals surface area contributed by atoms with Crippen molar-refractivity contribution < 1.29 is 14.6 Å². The minimum absolute atomic E-state index is 0.122. The first-order chi connectivity index (χ1) is 7.17. The van der Waals surface area contributed by atoms with Gasteiger partial charge >= 0.3 is 5.97 Å². The summed E-state index contributed by atoms with van der Waals surface area (Å²) in [5.74, 6) is -0.772. The lowest BCUT2D eigenvalue weighted by atomic mass is 10.1. The standard InChI is InChI=1S/C11H21NO3/c1-3-9(4-2)12-5-6-15-10(8-12)7-11(13)14/h9-10H,3-8H2,1-2H3,(H,13,14). The van der Waals surface area contributed by atoms with E-state index in [0.717, 1.165) is 25.9 Å². The normalized spacial score (nSPS) is 23.3. The van der Waals surface area contributed by atoms with Gasteiger partial charge in [-0.05, 0) is 12.8 Å². The van der Waals surface area contributed by atoms with Crippen LogP contribution in [0.5, 0.6) is 0 Å². The van der Waals surface area contributed by atoms with Crippen LogP contribution < -0.4 is 0 Å². The highest BCUT2D eigenvalue weighted by molar-refractivity contribution is 5.67. The third kappa shape index (κ3) is 3.80. The lowest BCUT2D eigenvalue weighted by molar-refractivity contribution is -0.142. The van der Waals surface area contributed by atoms with Crippen molar-refractivity contribution in [2.24, 2.45) is 0 Å². The van der Waals surface area contributed by atoms with Crippen LogP contribution in [0.1, 0.15) is 33.1 Å². The number of hydrogen-bond acceptors (Lipinski definition) is 3. The molecule has 1 N–H and O–H groups in total. The number of carboxylic acid groups (broad SMARTS) is 1. The largest absolute Gasteiger partial charge is 0.481 e. The van der Waals surface area contributed by atoms with Gasteiger partial charge in [-0.25, -0.2) is 0 Å². The molecule has 0 bridgehead atoms. The average Bonchev–Trinajstić information content (AvgIpc) is 2.19. The Bertz CT molecular complexity index is 204. The highest BCUT2D eigenvalue weighted by atomic mass is 16.5. The van der Waals surface area contributed by atoms with Gasteiger partial charge in [-0.3, -0.25) is 9.69 Å². The third-order valence-electron chi connectivity index (χ3n) is 3.03. The van der Waals surface area contributed by atoms with Crippen molar-refractivity contribution in [3.8, 4) is 0 Å². The van der Waals surface area contributed by atoms with Gasteiger partial charge in [-0.1, -0.05) is 13.8 Å². The van der Waals surface area contributed by atoms with Crippen molar-refractivity contribution in [1.29, 1.82) is 0 Å². The summed E-state index contributed by atoms with van der Waals surface area (Å²) in [7, 11) is 0. The highest BCUT2D eigenvalue weighted by Gasteiger charge is 2.25. The molecule has 1 aliphatic rings. The Balaban J connectivity index is 2.44. The summed E-state index contributed by atoms with van der Waals surface area (Å²) in [5.41, 5.74) is 0. The Labute approximate surface area is 91.2 Å². The quantitative estimate of drug-likeness (QED) is 0.752. The minimum atomic E-state index is -0.772. The molecule has 1 unspecified atom stereocenters. The van der Waals surface area contributed by atoms with E-state index in [2.05, 4.69) is 18.7 Å². The summed E-state index contributed by atoms with van der Waals surface area (Å²) < 4.78 is 5.44. The highest BCUT2D eigenvalue weighted by Crippen LogP contribution is 2.15. The van der Waals surface area contributed by atoms with Gasteiger partial charge in [0.05, 0.1) is 19.1 Å². The zero-order valence-electron chi connectivity index (χ0n) is 9.61. The van der Waals surface area contributed by atoms with Crippen LogP contribution in [0, 0.1) is 0 Å². The molecule has 1 saturated heterocycles. The second kappa shape index (κ2) is 6.08. The Morgan fingerprint density at radius 2 is 2.20 bits per heavy atom. The minimum Gasteiger partial charge on any atom is -0.481 e. The first kappa shape index (κ1) is 12.5. The van der Waals surface area contributed by atoms with Gasteiger partial charge in [0.25, 0.3) is 0 Å². The van der Waals surface area contributed by atoms with Gasteiger partial charge in [0, 0.05) is 19.1 Å². The molecule has 1 aliphatic heterocycles. The zero-order chi connectivity index (χ0) is 11.3. The van der Waals surface area contributed by atoms with Gasteiger partial charge in [0.2, 0.25) is 0 Å². The second-order valence-electron chi connectivity index (χ2n) is 4.06. The fourth-order valence-corrected chi connectivity index (χ4v) is 2.20. The molecule has 0 radical (unpaired) electrons. The number of carbonyl (C=O) groups is 1. The summed E-state index contributed by atoms with van der Waals surface area (Å²) in [5, 5.41) is 8.71. The summed E-state index contributed by atoms with van der Waals surface area (Å²) in [6.07, 6.45) is 2.24. The molecule has 1 heterocycles. The Morgan fingerprint density at radius 1 is 1.53 bits per heavy atom. The molecule has 1 atom stereocenters. The summed E-state index contributed by atoms with van der Waals surface area (Å²) >= 11 is 0. The number of aliphatic carboxylic acids is 1. The number of morpholine rings is 1. The topological polar surface area (TPSA) is 49.8 Å². The number of rotatable bonds is 5. The molecule has 0 aromatic rings. The van der Waals surface area contributed by atoms with E-state index in [0.29, 0.717) is 12.6 Å². The lowest BCUT2D eigenvalue weighted by Gasteiger charge is -2.37. The summed E-state index contributed by atoms with van der Waals surface area (Å²) in [6, 6.07) is 0.574. The maximum absolute atomic E-state index is 10.6. The van der Waals surface area contributed by atoms with Crippen molar-refractivity contribution >= 4 is 5.97 Å². The van der Waals surface area contributed by atoms with E-state index >= 15 is 0 Å². The predicted molar refractivity (Wildman–Crippen MR) is 57.9 cm³/mol. The van der Waals surface area contributed by atoms with Crippen LogP contribution >= 0.6 is 0 Å². The molecule has 0 aromatic heterocycles. The molecule has 15 heavy (non-hydrogen) atoms. The van der Waals surface area contributed by atoms with E-state index in [1.54, 1.807) is 0 Å². The van der Waals surface area contributed by atoms with E-state index < -0.39 is 5.97 Å². The second-order valence-corrected chi connectivity index (χ2v) is 4.06. The van der Waals surface area contributed by atoms with Crippen molar-refractivity contribution in [3.63, 3.8) is 0 Å². The zero-order valence-corrected chi connectivity index (χ0v) is 9.61. The van der Waals surface area contributed by atoms with Crippen LogP contribution in [0.25, 0.3) is 0 Å². The monoisotopic (exact) mass is 215 g/mol. The van der Waals surface area contributed by atoms with Crippen LogP contribution in [0.15, 0.2) is 0 Å². The lowest BCUT2D eigenvalue weighted by Crippen LogP contribution is -2.47. The molecule has 0 aliphatic carbocycles. The summed E-state index contributed by atoms with van der Waals surface area (Å²) in [6.45, 7) is 6.71. The molecule has 4 nitrogen and oxygen atoms in total. The average molecular weight is 215 g/mol. The van der Waals surface area contributed by atoms with Gasteiger partial charge < -0.3 is 9.84 Å². The maximum Gasteiger partial charge on any atom is 0.306 e. The van der Waals surface area contributed by atoms with Crippen LogP contribution in [0.3, 0.4) is 0 Å². The number of nitrogens with zero attached hydrogens (tertiary/aromatic N) is 1. The Morgan fingerprint density at radius 3 is 2.73 bits per heavy atom. The molecule has 0 amide bonds. The fourth-order valence-electron chi connectivity index (χ4n) is 2.20. The van der Waals surface area contributed by atoms with E-state index in [9.17, 15) is 4.79 Å². The van der Waals surface area contributed by atoms with Gasteiger partial charge in [0.1, 0.15) is 0 Å². The van der Waals surface area contributed by atoms with Crippen molar-refractivity contribution in [2.45, 2.75) is 45.3 Å². The molecular formula is C11H21NO3.